The highest BCUT2D eigenvalue weighted by atomic mass is 35.5. The summed E-state index contributed by atoms with van der Waals surface area (Å²) in [7, 11) is 0. The molecule has 23 heavy (non-hydrogen) atoms. The van der Waals surface area contributed by atoms with Crippen LogP contribution in [0.3, 0.4) is 0 Å². The van der Waals surface area contributed by atoms with Crippen LogP contribution >= 0.6 is 11.6 Å². The van der Waals surface area contributed by atoms with Gasteiger partial charge in [0.2, 0.25) is 0 Å². The Balaban J connectivity index is 1.52. The largest absolute Gasteiger partial charge is 0.356 e. The van der Waals surface area contributed by atoms with Crippen molar-refractivity contribution in [2.45, 2.75) is 25.8 Å². The van der Waals surface area contributed by atoms with Crippen LogP contribution in [0.1, 0.15) is 29.8 Å². The van der Waals surface area contributed by atoms with Crippen molar-refractivity contribution in [2.75, 3.05) is 0 Å². The average molecular weight is 330 g/mol. The first-order valence-electron chi connectivity index (χ1n) is 7.44. The van der Waals surface area contributed by atoms with E-state index < -0.39 is 0 Å². The van der Waals surface area contributed by atoms with Crippen LogP contribution in [0, 0.1) is 0 Å². The third-order valence-electron chi connectivity index (χ3n) is 3.55. The minimum atomic E-state index is -0.000375. The number of Topliss-reactive ketones (excluding diaryl/α,β-unsaturated/α-hetero) is 1. The highest BCUT2D eigenvalue weighted by Gasteiger charge is 2.13. The van der Waals surface area contributed by atoms with Crippen molar-refractivity contribution >= 4 is 17.4 Å². The third kappa shape index (κ3) is 4.07. The Morgan fingerprint density at radius 2 is 2.04 bits per heavy atom. The number of carbonyl (C=O) groups excluding carboxylic acids is 1. The summed E-state index contributed by atoms with van der Waals surface area (Å²) < 4.78 is 7.25. The van der Waals surface area contributed by atoms with Gasteiger partial charge in [-0.3, -0.25) is 4.79 Å². The van der Waals surface area contributed by atoms with Crippen LogP contribution < -0.4 is 0 Å². The molecule has 0 aliphatic heterocycles. The molecule has 0 fully saturated rings. The summed E-state index contributed by atoms with van der Waals surface area (Å²) in [5.41, 5.74) is 1.22. The van der Waals surface area contributed by atoms with Gasteiger partial charge >= 0.3 is 0 Å². The molecule has 0 spiro atoms. The zero-order valence-corrected chi connectivity index (χ0v) is 13.2. The van der Waals surface area contributed by atoms with Crippen molar-refractivity contribution in [3.8, 4) is 11.3 Å². The van der Waals surface area contributed by atoms with Crippen LogP contribution in [0.25, 0.3) is 11.3 Å². The number of halogens is 1. The average Bonchev–Trinajstić information content (AvgIpc) is 3.24. The van der Waals surface area contributed by atoms with E-state index in [1.807, 2.05) is 22.9 Å². The Hall–Kier alpha value is -2.40. The quantitative estimate of drug-likeness (QED) is 0.480. The molecule has 6 heteroatoms. The fourth-order valence-electron chi connectivity index (χ4n) is 2.28. The van der Waals surface area contributed by atoms with Gasteiger partial charge < -0.3 is 9.09 Å². The monoisotopic (exact) mass is 329 g/mol. The van der Waals surface area contributed by atoms with Gasteiger partial charge in [-0.25, -0.2) is 4.98 Å². The Labute approximate surface area is 138 Å². The number of imidazole rings is 1. The maximum Gasteiger partial charge on any atom is 0.184 e. The van der Waals surface area contributed by atoms with Crippen LogP contribution in [0.2, 0.25) is 5.02 Å². The summed E-state index contributed by atoms with van der Waals surface area (Å²) in [5.74, 6) is 0.572. The molecule has 5 nitrogen and oxygen atoms in total. The van der Waals surface area contributed by atoms with Gasteiger partial charge in [0.25, 0.3) is 0 Å². The van der Waals surface area contributed by atoms with E-state index in [0.717, 1.165) is 24.9 Å². The van der Waals surface area contributed by atoms with Gasteiger partial charge in [-0.15, -0.1) is 0 Å². The number of rotatable bonds is 7. The van der Waals surface area contributed by atoms with E-state index in [0.29, 0.717) is 22.9 Å². The normalized spacial score (nSPS) is 10.8. The molecular weight excluding hydrogens is 314 g/mol. The SMILES string of the molecule is O=C(CCCCn1ccnc1)c1cc(-c2ccc(Cl)cc2)on1. The molecule has 0 radical (unpaired) electrons. The van der Waals surface area contributed by atoms with Gasteiger partial charge in [-0.05, 0) is 37.1 Å². The Morgan fingerprint density at radius 1 is 1.22 bits per heavy atom. The van der Waals surface area contributed by atoms with E-state index in [1.54, 1.807) is 30.7 Å². The number of aromatic nitrogens is 3. The fourth-order valence-corrected chi connectivity index (χ4v) is 2.41. The highest BCUT2D eigenvalue weighted by Crippen LogP contribution is 2.23. The van der Waals surface area contributed by atoms with Gasteiger partial charge in [0.05, 0.1) is 6.33 Å². The Morgan fingerprint density at radius 3 is 2.78 bits per heavy atom. The maximum absolute atomic E-state index is 12.1. The Bertz CT molecular complexity index is 764. The molecule has 0 bridgehead atoms. The van der Waals surface area contributed by atoms with Crippen molar-refractivity contribution in [1.82, 2.24) is 14.7 Å². The number of carbonyl (C=O) groups is 1. The molecule has 118 valence electrons. The lowest BCUT2D eigenvalue weighted by molar-refractivity contribution is 0.0970. The molecule has 1 aromatic carbocycles. The minimum Gasteiger partial charge on any atom is -0.356 e. The van der Waals surface area contributed by atoms with Crippen LogP contribution in [-0.2, 0) is 6.54 Å². The molecule has 0 unspecified atom stereocenters. The fraction of sp³-hybridized carbons (Fsp3) is 0.235. The van der Waals surface area contributed by atoms with Gasteiger partial charge in [0.1, 0.15) is 5.69 Å². The van der Waals surface area contributed by atoms with Gasteiger partial charge in [0, 0.05) is 42.0 Å². The van der Waals surface area contributed by atoms with Crippen LogP contribution in [0.5, 0.6) is 0 Å². The van der Waals surface area contributed by atoms with Gasteiger partial charge in [-0.1, -0.05) is 16.8 Å². The highest BCUT2D eigenvalue weighted by molar-refractivity contribution is 6.30. The van der Waals surface area contributed by atoms with Crippen LogP contribution in [-0.4, -0.2) is 20.5 Å². The van der Waals surface area contributed by atoms with E-state index in [4.69, 9.17) is 16.1 Å². The van der Waals surface area contributed by atoms with Crippen molar-refractivity contribution in [1.29, 1.82) is 0 Å². The molecule has 0 aliphatic carbocycles. The smallest absolute Gasteiger partial charge is 0.184 e. The first-order chi connectivity index (χ1) is 11.2. The number of unbranched alkanes of at least 4 members (excludes halogenated alkanes) is 1. The lowest BCUT2D eigenvalue weighted by atomic mass is 10.1. The number of aryl methyl sites for hydroxylation is 1. The Kier molecular flexibility index (Phi) is 4.88. The second-order valence-corrected chi connectivity index (χ2v) is 5.70. The number of benzene rings is 1. The van der Waals surface area contributed by atoms with Crippen molar-refractivity contribution in [2.24, 2.45) is 0 Å². The molecular formula is C17H16ClN3O2. The molecule has 2 heterocycles. The van der Waals surface area contributed by atoms with Gasteiger partial charge in [-0.2, -0.15) is 0 Å². The first-order valence-corrected chi connectivity index (χ1v) is 7.82. The predicted molar refractivity (Wildman–Crippen MR) is 87.4 cm³/mol. The molecule has 2 aromatic heterocycles. The summed E-state index contributed by atoms with van der Waals surface area (Å²) in [6, 6.07) is 8.90. The van der Waals surface area contributed by atoms with E-state index >= 15 is 0 Å². The number of hydrogen-bond donors (Lipinski definition) is 0. The molecule has 3 aromatic rings. The lowest BCUT2D eigenvalue weighted by Gasteiger charge is -2.00. The molecule has 0 aliphatic rings. The lowest BCUT2D eigenvalue weighted by Crippen LogP contribution is -2.01. The molecule has 0 N–H and O–H groups in total. The second-order valence-electron chi connectivity index (χ2n) is 5.26. The second kappa shape index (κ2) is 7.24. The van der Waals surface area contributed by atoms with Crippen molar-refractivity contribution < 1.29 is 9.32 Å². The van der Waals surface area contributed by atoms with Crippen molar-refractivity contribution in [3.63, 3.8) is 0 Å². The molecule has 3 rings (SSSR count). The minimum absolute atomic E-state index is 0.000375. The molecule has 0 amide bonds. The van der Waals surface area contributed by atoms with E-state index in [-0.39, 0.29) is 5.78 Å². The molecule has 0 saturated heterocycles. The maximum atomic E-state index is 12.1. The number of nitrogens with zero attached hydrogens (tertiary/aromatic N) is 3. The topological polar surface area (TPSA) is 60.9 Å². The van der Waals surface area contributed by atoms with Crippen LogP contribution in [0.4, 0.5) is 0 Å². The molecule has 0 saturated carbocycles. The number of hydrogen-bond acceptors (Lipinski definition) is 4. The zero-order chi connectivity index (χ0) is 16.1. The van der Waals surface area contributed by atoms with Gasteiger partial charge in [0.15, 0.2) is 11.5 Å². The zero-order valence-electron chi connectivity index (χ0n) is 12.5. The number of ketones is 1. The van der Waals surface area contributed by atoms with E-state index in [1.165, 1.54) is 0 Å². The summed E-state index contributed by atoms with van der Waals surface area (Å²) in [6.45, 7) is 0.863. The van der Waals surface area contributed by atoms with E-state index in [9.17, 15) is 4.79 Å². The van der Waals surface area contributed by atoms with Crippen LogP contribution in [0.15, 0.2) is 53.6 Å². The molecule has 0 atom stereocenters. The third-order valence-corrected chi connectivity index (χ3v) is 3.81. The van der Waals surface area contributed by atoms with Crippen molar-refractivity contribution in [3.05, 3.63) is 59.8 Å². The summed E-state index contributed by atoms with van der Waals surface area (Å²) in [5, 5.41) is 4.53. The summed E-state index contributed by atoms with van der Waals surface area (Å²) in [4.78, 5) is 16.1. The summed E-state index contributed by atoms with van der Waals surface area (Å²) in [6.07, 6.45) is 7.62. The summed E-state index contributed by atoms with van der Waals surface area (Å²) >= 11 is 5.86. The van der Waals surface area contributed by atoms with E-state index in [2.05, 4.69) is 10.1 Å². The predicted octanol–water partition coefficient (Wildman–Crippen LogP) is 4.24. The standard InChI is InChI=1S/C17H16ClN3O2/c18-14-6-4-13(5-7-14)17-11-15(20-23-17)16(22)3-1-2-9-21-10-8-19-12-21/h4-8,10-12H,1-3,9H2. The first kappa shape index (κ1) is 15.5.